The number of nitrogens with one attached hydrogen (secondary N) is 2. The fourth-order valence-corrected chi connectivity index (χ4v) is 2.68. The molecule has 0 spiro atoms. The summed E-state index contributed by atoms with van der Waals surface area (Å²) >= 11 is 11.7. The molecular weight excluding hydrogens is 363 g/mol. The summed E-state index contributed by atoms with van der Waals surface area (Å²) in [6.07, 6.45) is 0. The van der Waals surface area contributed by atoms with Gasteiger partial charge in [0.2, 0.25) is 0 Å². The van der Waals surface area contributed by atoms with Crippen LogP contribution in [0.3, 0.4) is 0 Å². The van der Waals surface area contributed by atoms with Crippen LogP contribution in [0.1, 0.15) is 35.7 Å². The molecule has 25 heavy (non-hydrogen) atoms. The highest BCUT2D eigenvalue weighted by Crippen LogP contribution is 2.25. The molecule has 2 aromatic rings. The second-order valence-corrected chi connectivity index (χ2v) is 6.51. The molecule has 0 radical (unpaired) electrons. The van der Waals surface area contributed by atoms with Crippen molar-refractivity contribution in [1.82, 2.24) is 10.9 Å². The van der Waals surface area contributed by atoms with Gasteiger partial charge in [0.25, 0.3) is 11.8 Å². The number of halogens is 2. The van der Waals surface area contributed by atoms with Crippen LogP contribution in [0.25, 0.3) is 0 Å². The first kappa shape index (κ1) is 19.1. The number of ether oxygens (including phenoxy) is 1. The van der Waals surface area contributed by atoms with Crippen LogP contribution in [-0.2, 0) is 4.79 Å². The third-order valence-corrected chi connectivity index (χ3v) is 3.78. The Labute approximate surface area is 156 Å². The minimum Gasteiger partial charge on any atom is -0.483 e. The van der Waals surface area contributed by atoms with Gasteiger partial charge < -0.3 is 4.74 Å². The lowest BCUT2D eigenvalue weighted by atomic mass is 10.0. The largest absolute Gasteiger partial charge is 0.483 e. The summed E-state index contributed by atoms with van der Waals surface area (Å²) in [5, 5.41) is 0.662. The molecule has 0 saturated carbocycles. The van der Waals surface area contributed by atoms with E-state index >= 15 is 0 Å². The maximum absolute atomic E-state index is 12.0. The Hall–Kier alpha value is -2.24. The highest BCUT2D eigenvalue weighted by molar-refractivity contribution is 6.35. The lowest BCUT2D eigenvalue weighted by molar-refractivity contribution is -0.123. The van der Waals surface area contributed by atoms with Crippen LogP contribution in [0.5, 0.6) is 5.75 Å². The zero-order valence-corrected chi connectivity index (χ0v) is 15.3. The molecule has 0 aliphatic heterocycles. The van der Waals surface area contributed by atoms with Crippen LogP contribution in [0.15, 0.2) is 42.5 Å². The third-order valence-electron chi connectivity index (χ3n) is 3.34. The number of carbonyl (C=O) groups excluding carboxylic acids is 2. The van der Waals surface area contributed by atoms with Crippen LogP contribution in [-0.4, -0.2) is 18.4 Å². The SMILES string of the molecule is CC(C)c1ccccc1OCC(=O)NNC(=O)c1cc(Cl)cc(Cl)c1. The van der Waals surface area contributed by atoms with Crippen molar-refractivity contribution in [2.24, 2.45) is 0 Å². The van der Waals surface area contributed by atoms with E-state index in [1.807, 2.05) is 32.0 Å². The van der Waals surface area contributed by atoms with Gasteiger partial charge in [-0.3, -0.25) is 20.4 Å². The zero-order chi connectivity index (χ0) is 18.4. The first-order valence-electron chi connectivity index (χ1n) is 7.64. The Balaban J connectivity index is 1.88. The summed E-state index contributed by atoms with van der Waals surface area (Å²) in [5.41, 5.74) is 5.83. The fraction of sp³-hybridized carbons (Fsp3) is 0.222. The zero-order valence-electron chi connectivity index (χ0n) is 13.8. The third kappa shape index (κ3) is 5.66. The van der Waals surface area contributed by atoms with Crippen molar-refractivity contribution in [3.05, 3.63) is 63.6 Å². The molecule has 0 saturated heterocycles. The number of hydrogen-bond acceptors (Lipinski definition) is 3. The van der Waals surface area contributed by atoms with Gasteiger partial charge in [-0.2, -0.15) is 0 Å². The van der Waals surface area contributed by atoms with E-state index in [-0.39, 0.29) is 18.1 Å². The summed E-state index contributed by atoms with van der Waals surface area (Å²) < 4.78 is 5.53. The van der Waals surface area contributed by atoms with Crippen LogP contribution < -0.4 is 15.6 Å². The number of rotatable bonds is 5. The van der Waals surface area contributed by atoms with E-state index in [2.05, 4.69) is 10.9 Å². The Morgan fingerprint density at radius 2 is 1.68 bits per heavy atom. The van der Waals surface area contributed by atoms with E-state index in [0.29, 0.717) is 15.8 Å². The summed E-state index contributed by atoms with van der Waals surface area (Å²) in [6, 6.07) is 11.9. The maximum atomic E-state index is 12.0. The van der Waals surface area contributed by atoms with Gasteiger partial charge in [0, 0.05) is 15.6 Å². The second kappa shape index (κ2) is 8.74. The predicted octanol–water partition coefficient (Wildman–Crippen LogP) is 3.96. The van der Waals surface area contributed by atoms with Crippen LogP contribution in [0.2, 0.25) is 10.0 Å². The summed E-state index contributed by atoms with van der Waals surface area (Å²) in [7, 11) is 0. The average molecular weight is 381 g/mol. The molecule has 132 valence electrons. The highest BCUT2D eigenvalue weighted by atomic mass is 35.5. The Kier molecular flexibility index (Phi) is 6.67. The van der Waals surface area contributed by atoms with Crippen molar-refractivity contribution >= 4 is 35.0 Å². The predicted molar refractivity (Wildman–Crippen MR) is 98.1 cm³/mol. The van der Waals surface area contributed by atoms with E-state index < -0.39 is 11.8 Å². The molecule has 0 fully saturated rings. The molecule has 0 aromatic heterocycles. The van der Waals surface area contributed by atoms with E-state index in [9.17, 15) is 9.59 Å². The van der Waals surface area contributed by atoms with Gasteiger partial charge in [-0.05, 0) is 35.7 Å². The fourth-order valence-electron chi connectivity index (χ4n) is 2.15. The molecular formula is C18H18Cl2N2O3. The highest BCUT2D eigenvalue weighted by Gasteiger charge is 2.11. The van der Waals surface area contributed by atoms with Crippen molar-refractivity contribution in [2.75, 3.05) is 6.61 Å². The molecule has 0 bridgehead atoms. The number of amides is 2. The van der Waals surface area contributed by atoms with Crippen LogP contribution >= 0.6 is 23.2 Å². The number of benzene rings is 2. The summed E-state index contributed by atoms with van der Waals surface area (Å²) in [4.78, 5) is 23.9. The topological polar surface area (TPSA) is 67.4 Å². The van der Waals surface area contributed by atoms with E-state index in [4.69, 9.17) is 27.9 Å². The van der Waals surface area contributed by atoms with Gasteiger partial charge in [-0.25, -0.2) is 0 Å². The Morgan fingerprint density at radius 1 is 1.04 bits per heavy atom. The van der Waals surface area contributed by atoms with Gasteiger partial charge in [0.1, 0.15) is 5.75 Å². The van der Waals surface area contributed by atoms with Crippen molar-refractivity contribution in [3.8, 4) is 5.75 Å². The monoisotopic (exact) mass is 380 g/mol. The Bertz CT molecular complexity index is 758. The van der Waals surface area contributed by atoms with Crippen molar-refractivity contribution < 1.29 is 14.3 Å². The van der Waals surface area contributed by atoms with E-state index in [1.165, 1.54) is 18.2 Å². The molecule has 2 aromatic carbocycles. The van der Waals surface area contributed by atoms with Gasteiger partial charge in [-0.15, -0.1) is 0 Å². The normalized spacial score (nSPS) is 10.4. The molecule has 0 unspecified atom stereocenters. The van der Waals surface area contributed by atoms with Crippen molar-refractivity contribution in [1.29, 1.82) is 0 Å². The summed E-state index contributed by atoms with van der Waals surface area (Å²) in [5.74, 6) is -0.104. The van der Waals surface area contributed by atoms with Gasteiger partial charge in [0.15, 0.2) is 6.61 Å². The van der Waals surface area contributed by atoms with E-state index in [1.54, 1.807) is 6.07 Å². The molecule has 0 aliphatic carbocycles. The molecule has 2 N–H and O–H groups in total. The molecule has 0 atom stereocenters. The van der Waals surface area contributed by atoms with Crippen LogP contribution in [0.4, 0.5) is 0 Å². The molecule has 7 heteroatoms. The Morgan fingerprint density at radius 3 is 2.32 bits per heavy atom. The number of para-hydroxylation sites is 1. The molecule has 2 amide bonds. The van der Waals surface area contributed by atoms with E-state index in [0.717, 1.165) is 5.56 Å². The minimum absolute atomic E-state index is 0.222. The van der Waals surface area contributed by atoms with Gasteiger partial charge >= 0.3 is 0 Å². The molecule has 0 aliphatic rings. The minimum atomic E-state index is -0.527. The average Bonchev–Trinajstić information content (AvgIpc) is 2.57. The van der Waals surface area contributed by atoms with Crippen LogP contribution in [0, 0.1) is 0 Å². The molecule has 0 heterocycles. The summed E-state index contributed by atoms with van der Waals surface area (Å²) in [6.45, 7) is 3.86. The smallest absolute Gasteiger partial charge is 0.276 e. The lowest BCUT2D eigenvalue weighted by Gasteiger charge is -2.14. The van der Waals surface area contributed by atoms with Gasteiger partial charge in [-0.1, -0.05) is 55.2 Å². The first-order valence-corrected chi connectivity index (χ1v) is 8.39. The van der Waals surface area contributed by atoms with Gasteiger partial charge in [0.05, 0.1) is 0 Å². The number of hydrogen-bond donors (Lipinski definition) is 2. The number of carbonyl (C=O) groups is 2. The first-order chi connectivity index (χ1) is 11.9. The molecule has 5 nitrogen and oxygen atoms in total. The second-order valence-electron chi connectivity index (χ2n) is 5.64. The maximum Gasteiger partial charge on any atom is 0.276 e. The van der Waals surface area contributed by atoms with Crippen molar-refractivity contribution in [2.45, 2.75) is 19.8 Å². The quantitative estimate of drug-likeness (QED) is 0.771. The lowest BCUT2D eigenvalue weighted by Crippen LogP contribution is -2.43. The molecule has 2 rings (SSSR count). The standard InChI is InChI=1S/C18H18Cl2N2O3/c1-11(2)15-5-3-4-6-16(15)25-10-17(23)21-22-18(24)12-7-13(19)9-14(20)8-12/h3-9,11H,10H2,1-2H3,(H,21,23)(H,22,24). The van der Waals surface area contributed by atoms with Crippen molar-refractivity contribution in [3.63, 3.8) is 0 Å². The number of hydrazine groups is 1.